The largest absolute Gasteiger partial charge is 0.377 e. The molecule has 0 spiro atoms. The molecule has 1 heterocycles. The summed E-state index contributed by atoms with van der Waals surface area (Å²) in [4.78, 5) is 19.8. The molecule has 0 aliphatic heterocycles. The third-order valence-electron chi connectivity index (χ3n) is 2.02. The van der Waals surface area contributed by atoms with Crippen LogP contribution in [0.1, 0.15) is 13.8 Å². The lowest BCUT2D eigenvalue weighted by Crippen LogP contribution is -2.27. The average Bonchev–Trinajstić information content (AvgIpc) is 2.21. The summed E-state index contributed by atoms with van der Waals surface area (Å²) in [6.45, 7) is 5.27. The standard InChI is InChI=1S/C10H16BrN3O2/c1-7(2)16-5-4-14(3)9-8(11)10(15)13-6-12-9/h6-7H,4-5H2,1-3H3,(H,12,13,15). The fourth-order valence-corrected chi connectivity index (χ4v) is 1.69. The van der Waals surface area contributed by atoms with Crippen molar-refractivity contribution in [3.63, 3.8) is 0 Å². The van der Waals surface area contributed by atoms with Crippen LogP contribution in [0.2, 0.25) is 0 Å². The second-order valence-corrected chi connectivity index (χ2v) is 4.50. The zero-order valence-corrected chi connectivity index (χ0v) is 11.2. The van der Waals surface area contributed by atoms with Gasteiger partial charge < -0.3 is 14.6 Å². The lowest BCUT2D eigenvalue weighted by atomic mass is 10.4. The molecule has 0 aliphatic rings. The molecule has 0 fully saturated rings. The quantitative estimate of drug-likeness (QED) is 0.890. The SMILES string of the molecule is CC(C)OCCN(C)c1nc[nH]c(=O)c1Br. The highest BCUT2D eigenvalue weighted by molar-refractivity contribution is 9.10. The highest BCUT2D eigenvalue weighted by Crippen LogP contribution is 2.16. The molecule has 1 aromatic rings. The maximum atomic E-state index is 11.3. The van der Waals surface area contributed by atoms with Crippen LogP contribution < -0.4 is 10.5 Å². The molecule has 0 amide bonds. The van der Waals surface area contributed by atoms with Gasteiger partial charge in [-0.2, -0.15) is 0 Å². The van der Waals surface area contributed by atoms with Gasteiger partial charge in [0.2, 0.25) is 0 Å². The Bertz CT molecular complexity index is 392. The van der Waals surface area contributed by atoms with Gasteiger partial charge in [0.25, 0.3) is 5.56 Å². The lowest BCUT2D eigenvalue weighted by molar-refractivity contribution is 0.0845. The molecule has 1 aromatic heterocycles. The van der Waals surface area contributed by atoms with Crippen molar-refractivity contribution < 1.29 is 4.74 Å². The summed E-state index contributed by atoms with van der Waals surface area (Å²) in [7, 11) is 1.87. The highest BCUT2D eigenvalue weighted by Gasteiger charge is 2.09. The maximum Gasteiger partial charge on any atom is 0.267 e. The van der Waals surface area contributed by atoms with Crippen LogP contribution in [0.5, 0.6) is 0 Å². The van der Waals surface area contributed by atoms with Gasteiger partial charge >= 0.3 is 0 Å². The third kappa shape index (κ3) is 3.61. The molecule has 0 unspecified atom stereocenters. The van der Waals surface area contributed by atoms with Crippen LogP contribution in [0.3, 0.4) is 0 Å². The molecule has 5 nitrogen and oxygen atoms in total. The number of H-pyrrole nitrogens is 1. The van der Waals surface area contributed by atoms with Gasteiger partial charge in [-0.15, -0.1) is 0 Å². The van der Waals surface area contributed by atoms with Crippen molar-refractivity contribution >= 4 is 21.7 Å². The predicted molar refractivity (Wildman–Crippen MR) is 66.9 cm³/mol. The zero-order chi connectivity index (χ0) is 12.1. The predicted octanol–water partition coefficient (Wildman–Crippen LogP) is 1.39. The van der Waals surface area contributed by atoms with E-state index < -0.39 is 0 Å². The number of ether oxygens (including phenoxy) is 1. The van der Waals surface area contributed by atoms with E-state index in [9.17, 15) is 4.79 Å². The van der Waals surface area contributed by atoms with Gasteiger partial charge in [0.05, 0.1) is 19.0 Å². The molecule has 0 aromatic carbocycles. The first-order valence-electron chi connectivity index (χ1n) is 5.08. The van der Waals surface area contributed by atoms with Crippen molar-refractivity contribution in [2.24, 2.45) is 0 Å². The Kier molecular flexibility index (Phi) is 4.95. The Balaban J connectivity index is 2.62. The number of rotatable bonds is 5. The van der Waals surface area contributed by atoms with Gasteiger partial charge in [0, 0.05) is 13.6 Å². The van der Waals surface area contributed by atoms with E-state index in [1.165, 1.54) is 6.33 Å². The third-order valence-corrected chi connectivity index (χ3v) is 2.73. The van der Waals surface area contributed by atoms with Crippen LogP contribution in [0.15, 0.2) is 15.6 Å². The number of hydrogen-bond acceptors (Lipinski definition) is 4. The van der Waals surface area contributed by atoms with E-state index in [2.05, 4.69) is 25.9 Å². The topological polar surface area (TPSA) is 58.2 Å². The van der Waals surface area contributed by atoms with Crippen LogP contribution in [-0.2, 0) is 4.74 Å². The Hall–Kier alpha value is -0.880. The van der Waals surface area contributed by atoms with Crippen molar-refractivity contribution in [1.29, 1.82) is 0 Å². The van der Waals surface area contributed by atoms with Crippen molar-refractivity contribution in [2.75, 3.05) is 25.1 Å². The first kappa shape index (κ1) is 13.2. The Morgan fingerprint density at radius 2 is 2.31 bits per heavy atom. The van der Waals surface area contributed by atoms with Crippen molar-refractivity contribution in [1.82, 2.24) is 9.97 Å². The minimum Gasteiger partial charge on any atom is -0.377 e. The summed E-state index contributed by atoms with van der Waals surface area (Å²) < 4.78 is 5.88. The first-order chi connectivity index (χ1) is 7.52. The second kappa shape index (κ2) is 6.00. The molecule has 6 heteroatoms. The zero-order valence-electron chi connectivity index (χ0n) is 9.66. The molecular formula is C10H16BrN3O2. The molecule has 90 valence electrons. The molecule has 0 aliphatic carbocycles. The molecule has 0 radical (unpaired) electrons. The molecule has 0 atom stereocenters. The van der Waals surface area contributed by atoms with E-state index in [0.29, 0.717) is 23.4 Å². The second-order valence-electron chi connectivity index (χ2n) is 3.71. The average molecular weight is 290 g/mol. The fraction of sp³-hybridized carbons (Fsp3) is 0.600. The summed E-state index contributed by atoms with van der Waals surface area (Å²) in [5.41, 5.74) is -0.179. The Labute approximate surface area is 103 Å². The molecule has 1 N–H and O–H groups in total. The van der Waals surface area contributed by atoms with Crippen molar-refractivity contribution in [3.05, 3.63) is 21.2 Å². The van der Waals surface area contributed by atoms with Crippen LogP contribution in [0.25, 0.3) is 0 Å². The fourth-order valence-electron chi connectivity index (χ4n) is 1.17. The van der Waals surface area contributed by atoms with Gasteiger partial charge in [0.15, 0.2) is 0 Å². The Morgan fingerprint density at radius 1 is 1.62 bits per heavy atom. The van der Waals surface area contributed by atoms with Crippen LogP contribution in [0, 0.1) is 0 Å². The summed E-state index contributed by atoms with van der Waals surface area (Å²) in [6, 6.07) is 0. The minimum atomic E-state index is -0.179. The smallest absolute Gasteiger partial charge is 0.267 e. The number of hydrogen-bond donors (Lipinski definition) is 1. The van der Waals surface area contributed by atoms with Crippen LogP contribution >= 0.6 is 15.9 Å². The van der Waals surface area contributed by atoms with E-state index >= 15 is 0 Å². The van der Waals surface area contributed by atoms with E-state index in [4.69, 9.17) is 4.74 Å². The summed E-state index contributed by atoms with van der Waals surface area (Å²) >= 11 is 3.21. The number of nitrogens with one attached hydrogen (secondary N) is 1. The molecule has 1 rings (SSSR count). The molecule has 16 heavy (non-hydrogen) atoms. The van der Waals surface area contributed by atoms with Gasteiger partial charge in [0.1, 0.15) is 10.3 Å². The number of anilines is 1. The molecule has 0 saturated carbocycles. The number of halogens is 1. The number of nitrogens with zero attached hydrogens (tertiary/aromatic N) is 2. The number of likely N-dealkylation sites (N-methyl/N-ethyl adjacent to an activating group) is 1. The first-order valence-corrected chi connectivity index (χ1v) is 5.87. The van der Waals surface area contributed by atoms with Gasteiger partial charge in [-0.05, 0) is 29.8 Å². The van der Waals surface area contributed by atoms with Crippen LogP contribution in [-0.4, -0.2) is 36.3 Å². The monoisotopic (exact) mass is 289 g/mol. The van der Waals surface area contributed by atoms with Crippen LogP contribution in [0.4, 0.5) is 5.82 Å². The van der Waals surface area contributed by atoms with Gasteiger partial charge in [-0.3, -0.25) is 4.79 Å². The lowest BCUT2D eigenvalue weighted by Gasteiger charge is -2.19. The number of aromatic amines is 1. The molecule has 0 bridgehead atoms. The van der Waals surface area contributed by atoms with E-state index in [-0.39, 0.29) is 11.7 Å². The minimum absolute atomic E-state index is 0.179. The maximum absolute atomic E-state index is 11.3. The normalized spacial score (nSPS) is 10.8. The van der Waals surface area contributed by atoms with E-state index in [1.54, 1.807) is 0 Å². The van der Waals surface area contributed by atoms with Gasteiger partial charge in [-0.1, -0.05) is 0 Å². The number of aromatic nitrogens is 2. The highest BCUT2D eigenvalue weighted by atomic mass is 79.9. The van der Waals surface area contributed by atoms with E-state index in [1.807, 2.05) is 25.8 Å². The summed E-state index contributed by atoms with van der Waals surface area (Å²) in [6.07, 6.45) is 1.60. The summed E-state index contributed by atoms with van der Waals surface area (Å²) in [5, 5.41) is 0. The van der Waals surface area contributed by atoms with E-state index in [0.717, 1.165) is 0 Å². The Morgan fingerprint density at radius 3 is 2.94 bits per heavy atom. The van der Waals surface area contributed by atoms with Crippen molar-refractivity contribution in [2.45, 2.75) is 20.0 Å². The molecular weight excluding hydrogens is 274 g/mol. The molecule has 0 saturated heterocycles. The van der Waals surface area contributed by atoms with Gasteiger partial charge in [-0.25, -0.2) is 4.98 Å². The van der Waals surface area contributed by atoms with Crippen molar-refractivity contribution in [3.8, 4) is 0 Å². The summed E-state index contributed by atoms with van der Waals surface area (Å²) in [5.74, 6) is 0.621.